The molecule has 0 atom stereocenters. The Bertz CT molecular complexity index is 222. The van der Waals surface area contributed by atoms with Gasteiger partial charge in [0.1, 0.15) is 11.2 Å². The molecule has 3 nitrogen and oxygen atoms in total. The second-order valence-corrected chi connectivity index (χ2v) is 3.83. The van der Waals surface area contributed by atoms with Gasteiger partial charge in [0.2, 0.25) is 0 Å². The molecule has 0 aliphatic rings. The van der Waals surface area contributed by atoms with Crippen molar-refractivity contribution >= 4 is 11.8 Å². The Morgan fingerprint density at radius 3 is 1.94 bits per heavy atom. The summed E-state index contributed by atoms with van der Waals surface area (Å²) in [4.78, 5) is 23.3. The molecule has 0 saturated carbocycles. The quantitative estimate of drug-likeness (QED) is 0.413. The van der Waals surface area contributed by atoms with Gasteiger partial charge in [0.15, 0.2) is 0 Å². The fourth-order valence-corrected chi connectivity index (χ4v) is 1.63. The van der Waals surface area contributed by atoms with Gasteiger partial charge < -0.3 is 4.74 Å². The van der Waals surface area contributed by atoms with E-state index in [1.807, 2.05) is 20.8 Å². The summed E-state index contributed by atoms with van der Waals surface area (Å²) in [7, 11) is 0. The van der Waals surface area contributed by atoms with E-state index in [-0.39, 0.29) is 38.0 Å². The zero-order valence-corrected chi connectivity index (χ0v) is 13.2. The molecule has 0 aliphatic carbocycles. The Hall–Kier alpha value is 0.0231. The number of rotatable bonds is 7. The van der Waals surface area contributed by atoms with Gasteiger partial charge in [0, 0.05) is 26.2 Å². The summed E-state index contributed by atoms with van der Waals surface area (Å²) in [5.41, 5.74) is -0.909. The standard InChI is InChI=1S/C12H22O3.Zr/c1-5-8-9-15-11(14)12(6-2,7-3)10(4)13;/h5-9H2,1-4H3;. The van der Waals surface area contributed by atoms with Crippen LogP contribution in [-0.4, -0.2) is 18.4 Å². The Kier molecular flexibility index (Phi) is 10.5. The maximum atomic E-state index is 11.8. The Morgan fingerprint density at radius 1 is 1.12 bits per heavy atom. The van der Waals surface area contributed by atoms with Crippen LogP contribution in [0.15, 0.2) is 0 Å². The van der Waals surface area contributed by atoms with Crippen molar-refractivity contribution in [1.82, 2.24) is 0 Å². The van der Waals surface area contributed by atoms with Crippen LogP contribution in [0.2, 0.25) is 0 Å². The van der Waals surface area contributed by atoms with Gasteiger partial charge in [-0.1, -0.05) is 27.2 Å². The molecule has 0 spiro atoms. The van der Waals surface area contributed by atoms with Crippen molar-refractivity contribution in [3.05, 3.63) is 0 Å². The first-order valence-corrected chi connectivity index (χ1v) is 5.73. The van der Waals surface area contributed by atoms with Gasteiger partial charge in [-0.05, 0) is 26.2 Å². The van der Waals surface area contributed by atoms with E-state index in [2.05, 4.69) is 0 Å². The van der Waals surface area contributed by atoms with Crippen molar-refractivity contribution in [2.45, 2.75) is 53.4 Å². The zero-order valence-electron chi connectivity index (χ0n) is 10.8. The zero-order chi connectivity index (χ0) is 11.9. The Labute approximate surface area is 117 Å². The van der Waals surface area contributed by atoms with Crippen LogP contribution in [-0.2, 0) is 40.5 Å². The van der Waals surface area contributed by atoms with Crippen LogP contribution in [0, 0.1) is 5.41 Å². The van der Waals surface area contributed by atoms with E-state index >= 15 is 0 Å². The molecule has 0 rings (SSSR count). The summed E-state index contributed by atoms with van der Waals surface area (Å²) in [5.74, 6) is -0.442. The molecule has 0 aromatic heterocycles. The molecule has 0 bridgehead atoms. The third kappa shape index (κ3) is 4.49. The van der Waals surface area contributed by atoms with Gasteiger partial charge in [-0.15, -0.1) is 0 Å². The number of carbonyl (C=O) groups excluding carboxylic acids is 2. The first-order valence-electron chi connectivity index (χ1n) is 5.73. The molecule has 0 radical (unpaired) electrons. The number of hydrogen-bond acceptors (Lipinski definition) is 3. The second kappa shape index (κ2) is 9.09. The molecule has 0 saturated heterocycles. The van der Waals surface area contributed by atoms with Gasteiger partial charge in [-0.25, -0.2) is 0 Å². The van der Waals surface area contributed by atoms with E-state index in [1.165, 1.54) is 6.92 Å². The minimum Gasteiger partial charge on any atom is -0.465 e. The molecule has 0 aliphatic heterocycles. The van der Waals surface area contributed by atoms with Gasteiger partial charge >= 0.3 is 5.97 Å². The van der Waals surface area contributed by atoms with Crippen molar-refractivity contribution in [2.75, 3.05) is 6.61 Å². The molecule has 92 valence electrons. The van der Waals surface area contributed by atoms with Crippen LogP contribution in [0.5, 0.6) is 0 Å². The fourth-order valence-electron chi connectivity index (χ4n) is 1.63. The first-order chi connectivity index (χ1) is 7.05. The van der Waals surface area contributed by atoms with Crippen molar-refractivity contribution in [2.24, 2.45) is 5.41 Å². The fraction of sp³-hybridized carbons (Fsp3) is 0.833. The number of esters is 1. The molecular weight excluding hydrogens is 283 g/mol. The molecule has 4 heteroatoms. The third-order valence-corrected chi connectivity index (χ3v) is 3.00. The smallest absolute Gasteiger partial charge is 0.319 e. The predicted molar refractivity (Wildman–Crippen MR) is 59.6 cm³/mol. The normalized spacial score (nSPS) is 10.5. The van der Waals surface area contributed by atoms with Gasteiger partial charge in [-0.2, -0.15) is 0 Å². The van der Waals surface area contributed by atoms with E-state index < -0.39 is 5.41 Å². The molecular formula is C12H22O3Zr. The first kappa shape index (κ1) is 18.4. The van der Waals surface area contributed by atoms with Gasteiger partial charge in [0.05, 0.1) is 6.61 Å². The molecule has 0 heterocycles. The van der Waals surface area contributed by atoms with Crippen molar-refractivity contribution in [3.63, 3.8) is 0 Å². The van der Waals surface area contributed by atoms with Crippen molar-refractivity contribution in [3.8, 4) is 0 Å². The third-order valence-electron chi connectivity index (χ3n) is 3.00. The average Bonchev–Trinajstić information content (AvgIpc) is 2.20. The maximum Gasteiger partial charge on any atom is 0.319 e. The van der Waals surface area contributed by atoms with Crippen molar-refractivity contribution in [1.29, 1.82) is 0 Å². The average molecular weight is 306 g/mol. The second-order valence-electron chi connectivity index (χ2n) is 3.83. The van der Waals surface area contributed by atoms with Gasteiger partial charge in [0.25, 0.3) is 0 Å². The maximum absolute atomic E-state index is 11.8. The molecule has 0 aromatic carbocycles. The van der Waals surface area contributed by atoms with Gasteiger partial charge in [-0.3, -0.25) is 9.59 Å². The molecule has 0 N–H and O–H groups in total. The van der Waals surface area contributed by atoms with Crippen LogP contribution in [0.3, 0.4) is 0 Å². The summed E-state index contributed by atoms with van der Waals surface area (Å²) < 4.78 is 5.13. The van der Waals surface area contributed by atoms with E-state index in [4.69, 9.17) is 4.74 Å². The van der Waals surface area contributed by atoms with E-state index in [0.717, 1.165) is 12.8 Å². The minimum absolute atomic E-state index is 0. The molecule has 0 unspecified atom stereocenters. The summed E-state index contributed by atoms with van der Waals surface area (Å²) in [6.07, 6.45) is 2.87. The Morgan fingerprint density at radius 2 is 1.62 bits per heavy atom. The number of ketones is 1. The number of unbranched alkanes of at least 4 members (excludes halogenated alkanes) is 1. The summed E-state index contributed by atoms with van der Waals surface area (Å²) in [6.45, 7) is 7.63. The number of carbonyl (C=O) groups is 2. The number of hydrogen-bond donors (Lipinski definition) is 0. The van der Waals surface area contributed by atoms with Crippen LogP contribution < -0.4 is 0 Å². The Balaban J connectivity index is 0. The summed E-state index contributed by atoms with van der Waals surface area (Å²) in [5, 5.41) is 0. The predicted octanol–water partition coefficient (Wildman–Crippen LogP) is 2.72. The monoisotopic (exact) mass is 304 g/mol. The van der Waals surface area contributed by atoms with Crippen LogP contribution in [0.1, 0.15) is 53.4 Å². The molecule has 0 aromatic rings. The summed E-state index contributed by atoms with van der Waals surface area (Å²) in [6, 6.07) is 0. The number of ether oxygens (including phenoxy) is 1. The molecule has 0 fully saturated rings. The summed E-state index contributed by atoms with van der Waals surface area (Å²) >= 11 is 0. The van der Waals surface area contributed by atoms with E-state index in [0.29, 0.717) is 19.4 Å². The minimum atomic E-state index is -0.909. The van der Waals surface area contributed by atoms with Crippen molar-refractivity contribution < 1.29 is 40.5 Å². The number of Topliss-reactive ketones (excluding diaryl/α,β-unsaturated/α-hetero) is 1. The molecule has 0 amide bonds. The van der Waals surface area contributed by atoms with Crippen LogP contribution >= 0.6 is 0 Å². The molecule has 16 heavy (non-hydrogen) atoms. The van der Waals surface area contributed by atoms with E-state index in [9.17, 15) is 9.59 Å². The SMILES string of the molecule is CCCCOC(=O)C(CC)(CC)C(C)=O.[Zr]. The van der Waals surface area contributed by atoms with Crippen LogP contribution in [0.25, 0.3) is 0 Å². The largest absolute Gasteiger partial charge is 0.465 e. The van der Waals surface area contributed by atoms with Crippen LogP contribution in [0.4, 0.5) is 0 Å². The topological polar surface area (TPSA) is 43.4 Å². The van der Waals surface area contributed by atoms with E-state index in [1.54, 1.807) is 0 Å².